The molecule has 2 rings (SSSR count). The van der Waals surface area contributed by atoms with Gasteiger partial charge >= 0.3 is 0 Å². The van der Waals surface area contributed by atoms with Gasteiger partial charge in [0, 0.05) is 45.6 Å². The zero-order valence-corrected chi connectivity index (χ0v) is 20.9. The Morgan fingerprint density at radius 2 is 1.90 bits per heavy atom. The number of unbranched alkanes of at least 4 members (excludes halogenated alkanes) is 1. The number of benzene rings is 1. The Morgan fingerprint density at radius 3 is 2.55 bits per heavy atom. The SMILES string of the molecule is CN=C(NCCCCC(C)(C)C)NCC1CC(=O)N(CCc2ccccc2)C1.I. The minimum Gasteiger partial charge on any atom is -0.356 e. The van der Waals surface area contributed by atoms with Crippen molar-refractivity contribution in [3.05, 3.63) is 35.9 Å². The summed E-state index contributed by atoms with van der Waals surface area (Å²) < 4.78 is 0. The van der Waals surface area contributed by atoms with Crippen molar-refractivity contribution in [3.8, 4) is 0 Å². The number of halogens is 1. The number of rotatable bonds is 9. The molecule has 164 valence electrons. The van der Waals surface area contributed by atoms with Crippen LogP contribution in [0.5, 0.6) is 0 Å². The van der Waals surface area contributed by atoms with Gasteiger partial charge in [-0.2, -0.15) is 0 Å². The molecule has 1 atom stereocenters. The van der Waals surface area contributed by atoms with E-state index in [0.29, 0.717) is 17.8 Å². The number of amides is 1. The fourth-order valence-corrected chi connectivity index (χ4v) is 3.56. The van der Waals surface area contributed by atoms with Gasteiger partial charge in [-0.3, -0.25) is 9.79 Å². The average Bonchev–Trinajstić information content (AvgIpc) is 3.02. The van der Waals surface area contributed by atoms with E-state index in [9.17, 15) is 4.79 Å². The van der Waals surface area contributed by atoms with Gasteiger partial charge in [0.25, 0.3) is 0 Å². The van der Waals surface area contributed by atoms with Crippen molar-refractivity contribution in [2.75, 3.05) is 33.2 Å². The van der Waals surface area contributed by atoms with Crippen LogP contribution in [0.4, 0.5) is 0 Å². The number of carbonyl (C=O) groups is 1. The molecule has 1 unspecified atom stereocenters. The molecule has 1 aliphatic heterocycles. The van der Waals surface area contributed by atoms with E-state index in [-0.39, 0.29) is 29.9 Å². The Labute approximate surface area is 194 Å². The maximum Gasteiger partial charge on any atom is 0.223 e. The molecular weight excluding hydrogens is 475 g/mol. The lowest BCUT2D eigenvalue weighted by molar-refractivity contribution is -0.127. The Balaban J connectivity index is 0.00000420. The van der Waals surface area contributed by atoms with Gasteiger partial charge < -0.3 is 15.5 Å². The van der Waals surface area contributed by atoms with Gasteiger partial charge in [0.05, 0.1) is 0 Å². The number of nitrogens with one attached hydrogen (secondary N) is 2. The molecule has 6 heteroatoms. The summed E-state index contributed by atoms with van der Waals surface area (Å²) >= 11 is 0. The molecule has 1 aromatic rings. The number of carbonyl (C=O) groups excluding carboxylic acids is 1. The third-order valence-corrected chi connectivity index (χ3v) is 5.24. The van der Waals surface area contributed by atoms with Crippen molar-refractivity contribution in [2.24, 2.45) is 16.3 Å². The first-order chi connectivity index (χ1) is 13.4. The van der Waals surface area contributed by atoms with Crippen molar-refractivity contribution in [1.82, 2.24) is 15.5 Å². The summed E-state index contributed by atoms with van der Waals surface area (Å²) in [6.45, 7) is 10.2. The second-order valence-corrected chi connectivity index (χ2v) is 9.04. The molecular formula is C23H39IN4O. The van der Waals surface area contributed by atoms with Crippen LogP contribution in [0.3, 0.4) is 0 Å². The molecule has 5 nitrogen and oxygen atoms in total. The monoisotopic (exact) mass is 514 g/mol. The molecule has 29 heavy (non-hydrogen) atoms. The first-order valence-electron chi connectivity index (χ1n) is 10.6. The lowest BCUT2D eigenvalue weighted by atomic mass is 9.90. The summed E-state index contributed by atoms with van der Waals surface area (Å²) in [5.74, 6) is 1.46. The van der Waals surface area contributed by atoms with Crippen LogP contribution in [0, 0.1) is 11.3 Å². The van der Waals surface area contributed by atoms with E-state index in [1.54, 1.807) is 7.05 Å². The Hall–Kier alpha value is -1.31. The topological polar surface area (TPSA) is 56.7 Å². The highest BCUT2D eigenvalue weighted by Crippen LogP contribution is 2.21. The normalized spacial score (nSPS) is 17.2. The maximum absolute atomic E-state index is 12.3. The highest BCUT2D eigenvalue weighted by Gasteiger charge is 2.29. The van der Waals surface area contributed by atoms with Gasteiger partial charge in [-0.15, -0.1) is 24.0 Å². The molecule has 0 aromatic heterocycles. The fraction of sp³-hybridized carbons (Fsp3) is 0.652. The summed E-state index contributed by atoms with van der Waals surface area (Å²) in [6, 6.07) is 10.4. The van der Waals surface area contributed by atoms with Gasteiger partial charge in [0.15, 0.2) is 5.96 Å². The Bertz CT molecular complexity index is 628. The van der Waals surface area contributed by atoms with Crippen molar-refractivity contribution in [2.45, 2.75) is 52.9 Å². The van der Waals surface area contributed by atoms with Crippen LogP contribution in [0.2, 0.25) is 0 Å². The second-order valence-electron chi connectivity index (χ2n) is 9.04. The first kappa shape index (κ1) is 25.7. The van der Waals surface area contributed by atoms with Crippen molar-refractivity contribution in [3.63, 3.8) is 0 Å². The number of guanidine groups is 1. The zero-order chi connectivity index (χ0) is 20.4. The summed E-state index contributed by atoms with van der Waals surface area (Å²) in [7, 11) is 1.80. The van der Waals surface area contributed by atoms with Crippen LogP contribution in [0.15, 0.2) is 35.3 Å². The number of hydrogen-bond donors (Lipinski definition) is 2. The van der Waals surface area contributed by atoms with E-state index < -0.39 is 0 Å². The predicted molar refractivity (Wildman–Crippen MR) is 133 cm³/mol. The molecule has 0 saturated carbocycles. The Kier molecular flexibility index (Phi) is 11.6. The Morgan fingerprint density at radius 1 is 1.17 bits per heavy atom. The molecule has 1 amide bonds. The number of hydrogen-bond acceptors (Lipinski definition) is 2. The van der Waals surface area contributed by atoms with E-state index in [2.05, 4.69) is 60.7 Å². The second kappa shape index (κ2) is 13.1. The van der Waals surface area contributed by atoms with E-state index in [4.69, 9.17) is 0 Å². The minimum absolute atomic E-state index is 0. The molecule has 0 aliphatic carbocycles. The fourth-order valence-electron chi connectivity index (χ4n) is 3.56. The molecule has 2 N–H and O–H groups in total. The van der Waals surface area contributed by atoms with Crippen LogP contribution in [0.25, 0.3) is 0 Å². The van der Waals surface area contributed by atoms with Gasteiger partial charge in [0.1, 0.15) is 0 Å². The van der Waals surface area contributed by atoms with Gasteiger partial charge in [-0.1, -0.05) is 57.5 Å². The van der Waals surface area contributed by atoms with Crippen LogP contribution >= 0.6 is 24.0 Å². The maximum atomic E-state index is 12.3. The summed E-state index contributed by atoms with van der Waals surface area (Å²) in [4.78, 5) is 18.6. The average molecular weight is 514 g/mol. The molecule has 0 bridgehead atoms. The van der Waals surface area contributed by atoms with Crippen LogP contribution < -0.4 is 10.6 Å². The lowest BCUT2D eigenvalue weighted by Crippen LogP contribution is -2.40. The molecule has 0 radical (unpaired) electrons. The minimum atomic E-state index is 0. The van der Waals surface area contributed by atoms with E-state index in [1.807, 2.05) is 11.0 Å². The summed E-state index contributed by atoms with van der Waals surface area (Å²) in [5.41, 5.74) is 1.69. The highest BCUT2D eigenvalue weighted by molar-refractivity contribution is 14.0. The quantitative estimate of drug-likeness (QED) is 0.226. The van der Waals surface area contributed by atoms with Crippen molar-refractivity contribution >= 4 is 35.8 Å². The lowest BCUT2D eigenvalue weighted by Gasteiger charge is -2.19. The van der Waals surface area contributed by atoms with Crippen LogP contribution in [-0.4, -0.2) is 50.0 Å². The summed E-state index contributed by atoms with van der Waals surface area (Å²) in [5, 5.41) is 6.78. The number of nitrogens with zero attached hydrogens (tertiary/aromatic N) is 2. The molecule has 1 aromatic carbocycles. The van der Waals surface area contributed by atoms with Gasteiger partial charge in [-0.05, 0) is 30.2 Å². The predicted octanol–water partition coefficient (Wildman–Crippen LogP) is 4.08. The van der Waals surface area contributed by atoms with Gasteiger partial charge in [-0.25, -0.2) is 0 Å². The highest BCUT2D eigenvalue weighted by atomic mass is 127. The number of aliphatic imine (C=N–C) groups is 1. The molecule has 1 aliphatic rings. The van der Waals surface area contributed by atoms with Crippen LogP contribution in [0.1, 0.15) is 52.0 Å². The summed E-state index contributed by atoms with van der Waals surface area (Å²) in [6.07, 6.45) is 5.16. The van der Waals surface area contributed by atoms with E-state index >= 15 is 0 Å². The first-order valence-corrected chi connectivity index (χ1v) is 10.6. The third-order valence-electron chi connectivity index (χ3n) is 5.24. The van der Waals surface area contributed by atoms with E-state index in [0.717, 1.165) is 45.0 Å². The molecule has 1 heterocycles. The van der Waals surface area contributed by atoms with Gasteiger partial charge in [0.2, 0.25) is 5.91 Å². The largest absolute Gasteiger partial charge is 0.356 e. The van der Waals surface area contributed by atoms with Crippen molar-refractivity contribution in [1.29, 1.82) is 0 Å². The zero-order valence-electron chi connectivity index (χ0n) is 18.5. The number of likely N-dealkylation sites (tertiary alicyclic amines) is 1. The van der Waals surface area contributed by atoms with Crippen LogP contribution in [-0.2, 0) is 11.2 Å². The molecule has 1 saturated heterocycles. The third kappa shape index (κ3) is 10.3. The van der Waals surface area contributed by atoms with E-state index in [1.165, 1.54) is 18.4 Å². The molecule has 1 fully saturated rings. The molecule has 0 spiro atoms. The smallest absolute Gasteiger partial charge is 0.223 e. The standard InChI is InChI=1S/C23H38N4O.HI/c1-23(2,3)13-8-9-14-25-22(24-4)26-17-20-16-21(28)27(18-20)15-12-19-10-6-5-7-11-19;/h5-7,10-11,20H,8-9,12-18H2,1-4H3,(H2,24,25,26);1H. The van der Waals surface area contributed by atoms with Crippen molar-refractivity contribution < 1.29 is 4.79 Å².